The Labute approximate surface area is 74.6 Å². The summed E-state index contributed by atoms with van der Waals surface area (Å²) in [4.78, 5) is 4.24. The SMILES string of the molecule is CCSSc1nc(CC)co1. The predicted molar refractivity (Wildman–Crippen MR) is 49.9 cm³/mol. The minimum atomic E-state index is 0.772. The number of hydrogen-bond donors (Lipinski definition) is 0. The van der Waals surface area contributed by atoms with E-state index in [-0.39, 0.29) is 0 Å². The normalized spacial score (nSPS) is 10.4. The van der Waals surface area contributed by atoms with Crippen molar-refractivity contribution in [1.82, 2.24) is 4.98 Å². The first-order chi connectivity index (χ1) is 5.36. The molecule has 0 spiro atoms. The molecule has 0 aliphatic rings. The molecule has 1 aromatic heterocycles. The number of oxazole rings is 1. The van der Waals surface area contributed by atoms with Gasteiger partial charge in [-0.3, -0.25) is 0 Å². The lowest BCUT2D eigenvalue weighted by molar-refractivity contribution is 0.455. The highest BCUT2D eigenvalue weighted by Crippen LogP contribution is 2.29. The van der Waals surface area contributed by atoms with Gasteiger partial charge in [0.05, 0.1) is 5.69 Å². The minimum absolute atomic E-state index is 0.772. The van der Waals surface area contributed by atoms with E-state index in [1.165, 1.54) is 0 Å². The summed E-state index contributed by atoms with van der Waals surface area (Å²) in [7, 11) is 3.34. The lowest BCUT2D eigenvalue weighted by atomic mass is 10.4. The average Bonchev–Trinajstić information content (AvgIpc) is 2.48. The molecule has 0 N–H and O–H groups in total. The van der Waals surface area contributed by atoms with Gasteiger partial charge in [-0.1, -0.05) is 24.6 Å². The van der Waals surface area contributed by atoms with Crippen LogP contribution in [-0.2, 0) is 6.42 Å². The van der Waals surface area contributed by atoms with Crippen molar-refractivity contribution in [2.24, 2.45) is 0 Å². The second kappa shape index (κ2) is 4.72. The van der Waals surface area contributed by atoms with E-state index in [2.05, 4.69) is 18.8 Å². The summed E-state index contributed by atoms with van der Waals surface area (Å²) in [6.45, 7) is 4.18. The monoisotopic (exact) mass is 189 g/mol. The molecule has 0 saturated carbocycles. The Morgan fingerprint density at radius 3 is 2.91 bits per heavy atom. The molecule has 0 aliphatic carbocycles. The number of aryl methyl sites for hydroxylation is 1. The summed E-state index contributed by atoms with van der Waals surface area (Å²) >= 11 is 0. The highest BCUT2D eigenvalue weighted by Gasteiger charge is 2.01. The van der Waals surface area contributed by atoms with Gasteiger partial charge in [0.1, 0.15) is 6.26 Å². The van der Waals surface area contributed by atoms with Crippen molar-refractivity contribution in [3.05, 3.63) is 12.0 Å². The molecule has 1 aromatic rings. The summed E-state index contributed by atoms with van der Waals surface area (Å²) in [5.41, 5.74) is 1.03. The number of nitrogens with zero attached hydrogens (tertiary/aromatic N) is 1. The third-order valence-corrected chi connectivity index (χ3v) is 3.31. The molecule has 4 heteroatoms. The highest BCUT2D eigenvalue weighted by atomic mass is 33.1. The maximum absolute atomic E-state index is 5.19. The lowest BCUT2D eigenvalue weighted by Crippen LogP contribution is -1.76. The van der Waals surface area contributed by atoms with Crippen molar-refractivity contribution >= 4 is 21.6 Å². The average molecular weight is 189 g/mol. The van der Waals surface area contributed by atoms with Crippen LogP contribution < -0.4 is 0 Å². The van der Waals surface area contributed by atoms with E-state index < -0.39 is 0 Å². The molecule has 0 radical (unpaired) electrons. The third-order valence-electron chi connectivity index (χ3n) is 1.14. The Bertz CT molecular complexity index is 212. The standard InChI is InChI=1S/C7H11NOS2/c1-3-6-5-9-7(8-6)11-10-4-2/h5H,3-4H2,1-2H3. The van der Waals surface area contributed by atoms with Gasteiger partial charge in [-0.15, -0.1) is 0 Å². The van der Waals surface area contributed by atoms with Crippen molar-refractivity contribution in [3.63, 3.8) is 0 Å². The van der Waals surface area contributed by atoms with Gasteiger partial charge in [-0.2, -0.15) is 0 Å². The number of rotatable bonds is 4. The summed E-state index contributed by atoms with van der Waals surface area (Å²) in [6.07, 6.45) is 2.67. The fourth-order valence-corrected chi connectivity index (χ4v) is 1.94. The summed E-state index contributed by atoms with van der Waals surface area (Å²) in [6, 6.07) is 0. The molecule has 11 heavy (non-hydrogen) atoms. The molecule has 62 valence electrons. The fourth-order valence-electron chi connectivity index (χ4n) is 0.598. The van der Waals surface area contributed by atoms with Gasteiger partial charge in [0.25, 0.3) is 5.22 Å². The highest BCUT2D eigenvalue weighted by molar-refractivity contribution is 8.76. The maximum Gasteiger partial charge on any atom is 0.266 e. The van der Waals surface area contributed by atoms with Crippen LogP contribution in [0.3, 0.4) is 0 Å². The van der Waals surface area contributed by atoms with Gasteiger partial charge in [-0.05, 0) is 6.42 Å². The quantitative estimate of drug-likeness (QED) is 0.680. The van der Waals surface area contributed by atoms with Crippen LogP contribution in [0.15, 0.2) is 15.9 Å². The maximum atomic E-state index is 5.19. The summed E-state index contributed by atoms with van der Waals surface area (Å²) < 4.78 is 5.19. The topological polar surface area (TPSA) is 26.0 Å². The van der Waals surface area contributed by atoms with Crippen molar-refractivity contribution in [1.29, 1.82) is 0 Å². The van der Waals surface area contributed by atoms with E-state index in [9.17, 15) is 0 Å². The van der Waals surface area contributed by atoms with E-state index in [1.54, 1.807) is 27.9 Å². The van der Waals surface area contributed by atoms with Crippen molar-refractivity contribution in [3.8, 4) is 0 Å². The summed E-state index contributed by atoms with van der Waals surface area (Å²) in [5.74, 6) is 1.08. The molecule has 0 aromatic carbocycles. The van der Waals surface area contributed by atoms with Gasteiger partial charge in [-0.25, -0.2) is 4.98 Å². The van der Waals surface area contributed by atoms with Crippen LogP contribution in [0.1, 0.15) is 19.5 Å². The van der Waals surface area contributed by atoms with E-state index >= 15 is 0 Å². The first-order valence-electron chi connectivity index (χ1n) is 3.60. The van der Waals surface area contributed by atoms with Gasteiger partial charge < -0.3 is 4.42 Å². The van der Waals surface area contributed by atoms with Crippen LogP contribution >= 0.6 is 21.6 Å². The van der Waals surface area contributed by atoms with Crippen molar-refractivity contribution in [2.75, 3.05) is 5.75 Å². The minimum Gasteiger partial charge on any atom is -0.439 e. The molecule has 0 atom stereocenters. The fraction of sp³-hybridized carbons (Fsp3) is 0.571. The second-order valence-electron chi connectivity index (χ2n) is 1.95. The van der Waals surface area contributed by atoms with Crippen molar-refractivity contribution in [2.45, 2.75) is 25.5 Å². The molecule has 0 saturated heterocycles. The predicted octanol–water partition coefficient (Wildman–Crippen LogP) is 3.00. The first-order valence-corrected chi connectivity index (χ1v) is 5.92. The molecular weight excluding hydrogens is 178 g/mol. The first kappa shape index (κ1) is 9.00. The molecule has 0 fully saturated rings. The molecule has 0 amide bonds. The molecule has 0 bridgehead atoms. The van der Waals surface area contributed by atoms with Gasteiger partial charge in [0.15, 0.2) is 0 Å². The molecule has 0 aliphatic heterocycles. The van der Waals surface area contributed by atoms with Crippen LogP contribution in [-0.4, -0.2) is 10.7 Å². The van der Waals surface area contributed by atoms with Gasteiger partial charge in [0, 0.05) is 16.5 Å². The second-order valence-corrected chi connectivity index (χ2v) is 4.48. The molecule has 1 heterocycles. The number of aromatic nitrogens is 1. The molecular formula is C7H11NOS2. The Morgan fingerprint density at radius 1 is 1.55 bits per heavy atom. The van der Waals surface area contributed by atoms with E-state index in [1.807, 2.05) is 0 Å². The van der Waals surface area contributed by atoms with E-state index in [0.29, 0.717) is 0 Å². The van der Waals surface area contributed by atoms with Gasteiger partial charge >= 0.3 is 0 Å². The van der Waals surface area contributed by atoms with Crippen LogP contribution in [0.25, 0.3) is 0 Å². The van der Waals surface area contributed by atoms with Crippen LogP contribution in [0.2, 0.25) is 0 Å². The van der Waals surface area contributed by atoms with Crippen LogP contribution in [0.4, 0.5) is 0 Å². The van der Waals surface area contributed by atoms with E-state index in [0.717, 1.165) is 23.1 Å². The molecule has 2 nitrogen and oxygen atoms in total. The van der Waals surface area contributed by atoms with Crippen molar-refractivity contribution < 1.29 is 4.42 Å². The third kappa shape index (κ3) is 2.79. The smallest absolute Gasteiger partial charge is 0.266 e. The zero-order valence-corrected chi connectivity index (χ0v) is 8.30. The van der Waals surface area contributed by atoms with Gasteiger partial charge in [0.2, 0.25) is 0 Å². The Morgan fingerprint density at radius 2 is 2.36 bits per heavy atom. The molecule has 0 unspecified atom stereocenters. The largest absolute Gasteiger partial charge is 0.439 e. The summed E-state index contributed by atoms with van der Waals surface area (Å²) in [5, 5.41) is 0.772. The Hall–Kier alpha value is -0.0900. The van der Waals surface area contributed by atoms with Crippen LogP contribution in [0.5, 0.6) is 0 Å². The number of hydrogen-bond acceptors (Lipinski definition) is 4. The van der Waals surface area contributed by atoms with Crippen LogP contribution in [0, 0.1) is 0 Å². The van der Waals surface area contributed by atoms with E-state index in [4.69, 9.17) is 4.42 Å². The zero-order valence-electron chi connectivity index (χ0n) is 6.66. The zero-order chi connectivity index (χ0) is 8.10. The Balaban J connectivity index is 2.44. The lowest BCUT2D eigenvalue weighted by Gasteiger charge is -1.88. The molecule has 1 rings (SSSR count). The Kier molecular flexibility index (Phi) is 3.86.